The highest BCUT2D eigenvalue weighted by Crippen LogP contribution is 2.35. The van der Waals surface area contributed by atoms with Crippen molar-refractivity contribution >= 4 is 35.2 Å². The molecular weight excluding hydrogens is 398 g/mol. The number of esters is 1. The van der Waals surface area contributed by atoms with Gasteiger partial charge in [0, 0.05) is 37.0 Å². The highest BCUT2D eigenvalue weighted by molar-refractivity contribution is 6.29. The second kappa shape index (κ2) is 7.51. The summed E-state index contributed by atoms with van der Waals surface area (Å²) in [7, 11) is 0. The van der Waals surface area contributed by atoms with Crippen molar-refractivity contribution in [2.45, 2.75) is 18.7 Å². The molecule has 4 rings (SSSR count). The molecule has 2 aliphatic rings. The van der Waals surface area contributed by atoms with Gasteiger partial charge in [0.1, 0.15) is 17.0 Å². The van der Waals surface area contributed by atoms with E-state index < -0.39 is 24.3 Å². The number of primary amides is 1. The van der Waals surface area contributed by atoms with Crippen molar-refractivity contribution in [3.8, 4) is 0 Å². The van der Waals surface area contributed by atoms with Crippen LogP contribution in [0.4, 0.5) is 4.79 Å². The smallest absolute Gasteiger partial charge is 0.357 e. The number of hydrogen-bond donors (Lipinski definition) is 1. The van der Waals surface area contributed by atoms with Gasteiger partial charge in [-0.05, 0) is 24.3 Å². The number of carbonyl (C=O) groups is 3. The summed E-state index contributed by atoms with van der Waals surface area (Å²) < 4.78 is 5.59. The summed E-state index contributed by atoms with van der Waals surface area (Å²) in [6.45, 7) is 0.314. The van der Waals surface area contributed by atoms with Gasteiger partial charge in [-0.15, -0.1) is 0 Å². The maximum atomic E-state index is 12.7. The van der Waals surface area contributed by atoms with E-state index in [9.17, 15) is 14.4 Å². The minimum absolute atomic E-state index is 0.0358. The zero-order valence-electron chi connectivity index (χ0n) is 15.1. The number of hydrogen-bond acceptors (Lipinski definition) is 6. The number of nitrogens with two attached hydrogens (primary N) is 1. The van der Waals surface area contributed by atoms with Gasteiger partial charge in [0.2, 0.25) is 5.91 Å². The molecule has 0 aromatic carbocycles. The largest absolute Gasteiger partial charge is 0.453 e. The number of halogens is 1. The van der Waals surface area contributed by atoms with Crippen LogP contribution in [0, 0.1) is 0 Å². The highest BCUT2D eigenvalue weighted by atomic mass is 35.5. The second-order valence-corrected chi connectivity index (χ2v) is 6.88. The topological polar surface area (TPSA) is 119 Å². The van der Waals surface area contributed by atoms with Crippen LogP contribution in [0.15, 0.2) is 48.8 Å². The van der Waals surface area contributed by atoms with Gasteiger partial charge in [0.05, 0.1) is 5.70 Å². The first-order valence-electron chi connectivity index (χ1n) is 8.80. The predicted octanol–water partition coefficient (Wildman–Crippen LogP) is 1.65. The molecule has 0 spiro atoms. The van der Waals surface area contributed by atoms with Crippen molar-refractivity contribution in [2.75, 3.05) is 6.54 Å². The standard InChI is InChI=1S/C19H16ClN5O4/c20-15-3-1-2-12(23-15)18(27)29-14-6-9-24-16(26)10-13(11-4-7-22-8-5-11)25(17(14)24)19(21)28/h1-5,7-8,10,14,17H,6,9H2,(H2,21,28). The van der Waals surface area contributed by atoms with Crippen LogP contribution < -0.4 is 5.73 Å². The van der Waals surface area contributed by atoms with Crippen molar-refractivity contribution in [3.05, 3.63) is 65.2 Å². The summed E-state index contributed by atoms with van der Waals surface area (Å²) in [6.07, 6.45) is 3.16. The van der Waals surface area contributed by atoms with Crippen LogP contribution in [0.3, 0.4) is 0 Å². The number of carbonyl (C=O) groups excluding carboxylic acids is 3. The van der Waals surface area contributed by atoms with Gasteiger partial charge in [0.15, 0.2) is 6.17 Å². The van der Waals surface area contributed by atoms with Gasteiger partial charge in [-0.1, -0.05) is 17.7 Å². The average Bonchev–Trinajstić information content (AvgIpc) is 3.12. The van der Waals surface area contributed by atoms with Gasteiger partial charge in [-0.3, -0.25) is 14.7 Å². The van der Waals surface area contributed by atoms with Crippen molar-refractivity contribution in [1.82, 2.24) is 19.8 Å². The number of aromatic nitrogens is 2. The van der Waals surface area contributed by atoms with Gasteiger partial charge in [-0.2, -0.15) is 0 Å². The number of fused-ring (bicyclic) bond motifs is 1. The molecule has 148 valence electrons. The highest BCUT2D eigenvalue weighted by Gasteiger charge is 2.48. The Bertz CT molecular complexity index is 1010. The number of amides is 3. The molecule has 0 radical (unpaired) electrons. The molecule has 2 N–H and O–H groups in total. The van der Waals surface area contributed by atoms with Crippen molar-refractivity contribution in [3.63, 3.8) is 0 Å². The van der Waals surface area contributed by atoms with E-state index in [1.165, 1.54) is 28.0 Å². The fourth-order valence-electron chi connectivity index (χ4n) is 3.54. The molecule has 2 aromatic rings. The lowest BCUT2D eigenvalue weighted by molar-refractivity contribution is -0.131. The van der Waals surface area contributed by atoms with Gasteiger partial charge >= 0.3 is 12.0 Å². The maximum Gasteiger partial charge on any atom is 0.357 e. The fraction of sp³-hybridized carbons (Fsp3) is 0.211. The minimum Gasteiger partial charge on any atom is -0.453 e. The van der Waals surface area contributed by atoms with E-state index in [2.05, 4.69) is 9.97 Å². The van der Waals surface area contributed by atoms with E-state index in [0.717, 1.165) is 0 Å². The third-order valence-corrected chi connectivity index (χ3v) is 4.98. The van der Waals surface area contributed by atoms with Crippen molar-refractivity contribution in [1.29, 1.82) is 0 Å². The lowest BCUT2D eigenvalue weighted by atomic mass is 10.1. The molecule has 1 saturated heterocycles. The van der Waals surface area contributed by atoms with E-state index in [4.69, 9.17) is 22.1 Å². The summed E-state index contributed by atoms with van der Waals surface area (Å²) in [6, 6.07) is 7.15. The normalized spacial score (nSPS) is 20.9. The predicted molar refractivity (Wildman–Crippen MR) is 102 cm³/mol. The number of pyridine rings is 2. The van der Waals surface area contributed by atoms with Crippen LogP contribution in [-0.4, -0.2) is 56.5 Å². The number of rotatable bonds is 3. The second-order valence-electron chi connectivity index (χ2n) is 6.50. The van der Waals surface area contributed by atoms with E-state index in [1.807, 2.05) is 0 Å². The van der Waals surface area contributed by atoms with Gasteiger partial charge < -0.3 is 15.4 Å². The summed E-state index contributed by atoms with van der Waals surface area (Å²) in [4.78, 5) is 48.1. The summed E-state index contributed by atoms with van der Waals surface area (Å²) >= 11 is 5.83. The van der Waals surface area contributed by atoms with Crippen LogP contribution in [0.5, 0.6) is 0 Å². The molecule has 29 heavy (non-hydrogen) atoms. The summed E-state index contributed by atoms with van der Waals surface area (Å²) in [5, 5.41) is 0.155. The number of ether oxygens (including phenoxy) is 1. The molecule has 0 aliphatic carbocycles. The molecule has 0 bridgehead atoms. The third-order valence-electron chi connectivity index (χ3n) is 4.77. The first-order chi connectivity index (χ1) is 14.0. The van der Waals surface area contributed by atoms with E-state index in [0.29, 0.717) is 24.2 Å². The van der Waals surface area contributed by atoms with Crippen LogP contribution in [-0.2, 0) is 9.53 Å². The molecule has 1 fully saturated rings. The zero-order chi connectivity index (χ0) is 20.5. The SMILES string of the molecule is NC(=O)N1C(c2ccncc2)=CC(=O)N2CCC(OC(=O)c3cccc(Cl)n3)C21. The van der Waals surface area contributed by atoms with Crippen LogP contribution in [0.25, 0.3) is 5.70 Å². The maximum absolute atomic E-state index is 12.7. The number of nitrogens with zero attached hydrogens (tertiary/aromatic N) is 4. The molecule has 2 unspecified atom stereocenters. The first kappa shape index (κ1) is 18.9. The molecule has 2 atom stereocenters. The Morgan fingerprint density at radius 2 is 1.97 bits per heavy atom. The van der Waals surface area contributed by atoms with Crippen LogP contribution in [0.1, 0.15) is 22.5 Å². The van der Waals surface area contributed by atoms with Crippen molar-refractivity contribution in [2.24, 2.45) is 5.73 Å². The van der Waals surface area contributed by atoms with E-state index >= 15 is 0 Å². The van der Waals surface area contributed by atoms with Gasteiger partial charge in [-0.25, -0.2) is 14.6 Å². The van der Waals surface area contributed by atoms with Gasteiger partial charge in [0.25, 0.3) is 0 Å². The molecule has 3 amide bonds. The first-order valence-corrected chi connectivity index (χ1v) is 9.18. The Morgan fingerprint density at radius 1 is 1.21 bits per heavy atom. The minimum atomic E-state index is -0.851. The Hall–Kier alpha value is -3.46. The van der Waals surface area contributed by atoms with Crippen LogP contribution >= 0.6 is 11.6 Å². The molecule has 10 heteroatoms. The number of urea groups is 1. The zero-order valence-corrected chi connectivity index (χ0v) is 15.8. The Balaban J connectivity index is 1.66. The average molecular weight is 414 g/mol. The quantitative estimate of drug-likeness (QED) is 0.603. The van der Waals surface area contributed by atoms with E-state index in [1.54, 1.807) is 30.6 Å². The molecular formula is C19H16ClN5O4. The summed E-state index contributed by atoms with van der Waals surface area (Å²) in [5.74, 6) is -0.991. The molecule has 0 saturated carbocycles. The fourth-order valence-corrected chi connectivity index (χ4v) is 3.70. The Labute approximate surface area is 170 Å². The van der Waals surface area contributed by atoms with E-state index in [-0.39, 0.29) is 16.8 Å². The summed E-state index contributed by atoms with van der Waals surface area (Å²) in [5.41, 5.74) is 6.60. The lowest BCUT2D eigenvalue weighted by Gasteiger charge is -2.40. The Morgan fingerprint density at radius 3 is 2.66 bits per heavy atom. The monoisotopic (exact) mass is 413 g/mol. The van der Waals surface area contributed by atoms with Crippen LogP contribution in [0.2, 0.25) is 5.15 Å². The lowest BCUT2D eigenvalue weighted by Crippen LogP contribution is -2.57. The third kappa shape index (κ3) is 3.52. The molecule has 2 aliphatic heterocycles. The van der Waals surface area contributed by atoms with Crippen molar-refractivity contribution < 1.29 is 19.1 Å². The molecule has 9 nitrogen and oxygen atoms in total. The molecule has 2 aromatic heterocycles. The Kier molecular flexibility index (Phi) is 4.89. The molecule has 4 heterocycles.